The number of hydrogen-bond donors (Lipinski definition) is 11. The fourth-order valence-electron chi connectivity index (χ4n) is 3.03. The number of nitrogens with zero attached hydrogens (tertiary/aromatic N) is 2. The molecule has 216 valence electrons. The molecule has 5 atom stereocenters. The number of carboxylic acids is 1. The van der Waals surface area contributed by atoms with Gasteiger partial charge in [-0.15, -0.1) is 0 Å². The number of carboxylic acid groups (broad SMARTS) is 1. The van der Waals surface area contributed by atoms with Gasteiger partial charge in [-0.25, -0.2) is 4.79 Å². The fourth-order valence-corrected chi connectivity index (χ4v) is 3.03. The number of primary amides is 1. The Kier molecular flexibility index (Phi) is 15.4. The van der Waals surface area contributed by atoms with E-state index in [0.717, 1.165) is 6.92 Å². The number of nitrogens with two attached hydrogens (primary N) is 6. The summed E-state index contributed by atoms with van der Waals surface area (Å²) < 4.78 is 0. The van der Waals surface area contributed by atoms with Crippen LogP contribution in [-0.4, -0.2) is 95.1 Å². The van der Waals surface area contributed by atoms with Crippen molar-refractivity contribution >= 4 is 41.5 Å². The molecular formula is C20H39N11O7. The van der Waals surface area contributed by atoms with E-state index in [1.54, 1.807) is 0 Å². The van der Waals surface area contributed by atoms with Gasteiger partial charge in [0.15, 0.2) is 18.0 Å². The van der Waals surface area contributed by atoms with Crippen LogP contribution in [0, 0.1) is 0 Å². The van der Waals surface area contributed by atoms with Gasteiger partial charge >= 0.3 is 5.97 Å². The lowest BCUT2D eigenvalue weighted by Crippen LogP contribution is -2.58. The SMILES string of the molecule is CC(O)C(NC(=O)C(CC(N)=O)NC(=O)C(CCCN=C(N)N)NC(=O)C(N)CCCN=C(N)N)C(=O)O. The van der Waals surface area contributed by atoms with Crippen LogP contribution in [0.5, 0.6) is 0 Å². The highest BCUT2D eigenvalue weighted by Gasteiger charge is 2.32. The molecule has 18 nitrogen and oxygen atoms in total. The van der Waals surface area contributed by atoms with Gasteiger partial charge in [-0.2, -0.15) is 0 Å². The maximum Gasteiger partial charge on any atom is 0.328 e. The van der Waals surface area contributed by atoms with Gasteiger partial charge in [0.25, 0.3) is 0 Å². The molecule has 0 spiro atoms. The lowest BCUT2D eigenvalue weighted by atomic mass is 10.1. The summed E-state index contributed by atoms with van der Waals surface area (Å²) in [6.07, 6.45) is -1.38. The molecular weight excluding hydrogens is 506 g/mol. The summed E-state index contributed by atoms with van der Waals surface area (Å²) in [4.78, 5) is 68.6. The summed E-state index contributed by atoms with van der Waals surface area (Å²) in [6, 6.07) is -5.59. The molecule has 0 aliphatic carbocycles. The Labute approximate surface area is 219 Å². The maximum absolute atomic E-state index is 13.0. The molecule has 0 fully saturated rings. The van der Waals surface area contributed by atoms with Crippen LogP contribution in [0.2, 0.25) is 0 Å². The van der Waals surface area contributed by atoms with E-state index in [2.05, 4.69) is 20.6 Å². The third-order valence-corrected chi connectivity index (χ3v) is 4.97. The first-order valence-electron chi connectivity index (χ1n) is 11.6. The first kappa shape index (κ1) is 33.8. The second-order valence-corrected chi connectivity index (χ2v) is 8.36. The van der Waals surface area contributed by atoms with Crippen molar-refractivity contribution in [3.05, 3.63) is 0 Å². The first-order valence-corrected chi connectivity index (χ1v) is 11.6. The molecule has 0 rings (SSSR count). The summed E-state index contributed by atoms with van der Waals surface area (Å²) in [5, 5.41) is 25.6. The lowest BCUT2D eigenvalue weighted by molar-refractivity contribution is -0.145. The average Bonchev–Trinajstić information content (AvgIpc) is 2.80. The predicted octanol–water partition coefficient (Wildman–Crippen LogP) is -5.78. The Bertz CT molecular complexity index is 887. The van der Waals surface area contributed by atoms with Crippen LogP contribution in [-0.2, 0) is 24.0 Å². The zero-order valence-corrected chi connectivity index (χ0v) is 21.1. The van der Waals surface area contributed by atoms with Crippen molar-refractivity contribution in [1.82, 2.24) is 16.0 Å². The number of aliphatic hydroxyl groups is 1. The number of amides is 4. The molecule has 0 aromatic carbocycles. The van der Waals surface area contributed by atoms with Crippen LogP contribution < -0.4 is 50.4 Å². The van der Waals surface area contributed by atoms with Gasteiger partial charge in [-0.3, -0.25) is 29.2 Å². The van der Waals surface area contributed by atoms with Crippen LogP contribution in [0.1, 0.15) is 39.0 Å². The summed E-state index contributed by atoms with van der Waals surface area (Å²) in [5.74, 6) is -5.48. The molecule has 0 saturated heterocycles. The van der Waals surface area contributed by atoms with Crippen LogP contribution in [0.4, 0.5) is 0 Å². The van der Waals surface area contributed by atoms with Crippen LogP contribution in [0.25, 0.3) is 0 Å². The van der Waals surface area contributed by atoms with Crippen LogP contribution in [0.15, 0.2) is 9.98 Å². The number of guanidine groups is 2. The number of aliphatic carboxylic acids is 1. The van der Waals surface area contributed by atoms with E-state index >= 15 is 0 Å². The van der Waals surface area contributed by atoms with Gasteiger partial charge < -0.3 is 60.6 Å². The third-order valence-electron chi connectivity index (χ3n) is 4.97. The minimum atomic E-state index is -1.72. The van der Waals surface area contributed by atoms with Crippen LogP contribution >= 0.6 is 0 Å². The van der Waals surface area contributed by atoms with Gasteiger partial charge in [0, 0.05) is 13.1 Å². The van der Waals surface area contributed by atoms with Gasteiger partial charge in [0.1, 0.15) is 12.1 Å². The molecule has 0 saturated carbocycles. The van der Waals surface area contributed by atoms with E-state index < -0.39 is 66.3 Å². The van der Waals surface area contributed by atoms with Gasteiger partial charge in [0.05, 0.1) is 18.6 Å². The molecule has 5 unspecified atom stereocenters. The number of aliphatic imine (C=N–C) groups is 2. The van der Waals surface area contributed by atoms with Crippen molar-refractivity contribution in [3.63, 3.8) is 0 Å². The Morgan fingerprint density at radius 2 is 1.24 bits per heavy atom. The summed E-state index contributed by atoms with van der Waals surface area (Å²) in [6.45, 7) is 1.48. The first-order chi connectivity index (χ1) is 17.6. The minimum absolute atomic E-state index is 0.00537. The molecule has 0 aromatic heterocycles. The van der Waals surface area contributed by atoms with E-state index in [4.69, 9.17) is 34.4 Å². The highest BCUT2D eigenvalue weighted by Crippen LogP contribution is 2.04. The number of hydrogen-bond acceptors (Lipinski definition) is 9. The third kappa shape index (κ3) is 14.4. The zero-order chi connectivity index (χ0) is 29.4. The molecule has 0 heterocycles. The highest BCUT2D eigenvalue weighted by atomic mass is 16.4. The quantitative estimate of drug-likeness (QED) is 0.0435. The smallest absolute Gasteiger partial charge is 0.328 e. The Morgan fingerprint density at radius 3 is 1.68 bits per heavy atom. The lowest BCUT2D eigenvalue weighted by Gasteiger charge is -2.25. The predicted molar refractivity (Wildman–Crippen MR) is 137 cm³/mol. The van der Waals surface area contributed by atoms with Crippen molar-refractivity contribution < 1.29 is 34.2 Å². The van der Waals surface area contributed by atoms with E-state index in [0.29, 0.717) is 6.42 Å². The molecule has 0 aliphatic heterocycles. The molecule has 17 N–H and O–H groups in total. The number of rotatable bonds is 18. The largest absolute Gasteiger partial charge is 0.480 e. The molecule has 18 heteroatoms. The van der Waals surface area contributed by atoms with E-state index in [9.17, 15) is 34.2 Å². The van der Waals surface area contributed by atoms with Gasteiger partial charge in [-0.1, -0.05) is 0 Å². The van der Waals surface area contributed by atoms with E-state index in [-0.39, 0.29) is 44.3 Å². The second-order valence-electron chi connectivity index (χ2n) is 8.36. The second kappa shape index (κ2) is 17.3. The molecule has 0 aromatic rings. The van der Waals surface area contributed by atoms with Crippen molar-refractivity contribution in [2.75, 3.05) is 13.1 Å². The minimum Gasteiger partial charge on any atom is -0.480 e. The molecule has 0 radical (unpaired) electrons. The highest BCUT2D eigenvalue weighted by molar-refractivity contribution is 5.96. The zero-order valence-electron chi connectivity index (χ0n) is 21.1. The number of nitrogens with one attached hydrogen (secondary N) is 3. The fraction of sp³-hybridized carbons (Fsp3) is 0.650. The number of carbonyl (C=O) groups is 5. The average molecular weight is 546 g/mol. The molecule has 38 heavy (non-hydrogen) atoms. The number of carbonyl (C=O) groups excluding carboxylic acids is 4. The van der Waals surface area contributed by atoms with E-state index in [1.165, 1.54) is 0 Å². The Balaban J connectivity index is 5.58. The van der Waals surface area contributed by atoms with Gasteiger partial charge in [0.2, 0.25) is 23.6 Å². The standard InChI is InChI=1S/C20H39N11O7/c1-9(32)14(18(37)38)31-17(36)12(8-13(22)33)30-16(35)11(5-3-7-28-20(25)26)29-15(34)10(21)4-2-6-27-19(23)24/h9-12,14,32H,2-8,21H2,1H3,(H2,22,33)(H,29,34)(H,30,35)(H,31,36)(H,37,38)(H4,23,24,27)(H4,25,26,28). The Morgan fingerprint density at radius 1 is 0.763 bits per heavy atom. The van der Waals surface area contributed by atoms with Crippen molar-refractivity contribution in [1.29, 1.82) is 0 Å². The normalized spacial score (nSPS) is 14.5. The Hall–Kier alpha value is -4.19. The van der Waals surface area contributed by atoms with Crippen LogP contribution in [0.3, 0.4) is 0 Å². The monoisotopic (exact) mass is 545 g/mol. The van der Waals surface area contributed by atoms with E-state index in [1.807, 2.05) is 5.32 Å². The molecule has 0 bridgehead atoms. The molecule has 0 aliphatic rings. The molecule has 4 amide bonds. The van der Waals surface area contributed by atoms with Gasteiger partial charge in [-0.05, 0) is 32.6 Å². The summed E-state index contributed by atoms with van der Waals surface area (Å²) >= 11 is 0. The maximum atomic E-state index is 13.0. The topological polar surface area (TPSA) is 343 Å². The van der Waals surface area contributed by atoms with Crippen molar-refractivity contribution in [3.8, 4) is 0 Å². The summed E-state index contributed by atoms with van der Waals surface area (Å²) in [7, 11) is 0. The van der Waals surface area contributed by atoms with Crippen molar-refractivity contribution in [2.45, 2.75) is 69.3 Å². The summed E-state index contributed by atoms with van der Waals surface area (Å²) in [5.41, 5.74) is 32.1. The number of aliphatic hydroxyl groups excluding tert-OH is 1. The van der Waals surface area contributed by atoms with Crippen molar-refractivity contribution in [2.24, 2.45) is 44.4 Å².